The number of imidazole rings is 1. The van der Waals surface area contributed by atoms with Gasteiger partial charge in [0, 0.05) is 31.9 Å². The van der Waals surface area contributed by atoms with Crippen LogP contribution in [0.25, 0.3) is 11.0 Å². The number of hydrogen-bond acceptors (Lipinski definition) is 7. The van der Waals surface area contributed by atoms with E-state index in [0.717, 1.165) is 36.1 Å². The molecule has 8 nitrogen and oxygen atoms in total. The van der Waals surface area contributed by atoms with E-state index in [4.69, 9.17) is 10.5 Å². The molecule has 9 heteroatoms. The molecule has 4 N–H and O–H groups in total. The number of aryl methyl sites for hydroxylation is 1. The number of ether oxygens (including phenoxy) is 1. The summed E-state index contributed by atoms with van der Waals surface area (Å²) in [5.74, 6) is 0.952. The summed E-state index contributed by atoms with van der Waals surface area (Å²) in [7, 11) is -2.50. The van der Waals surface area contributed by atoms with Gasteiger partial charge in [-0.3, -0.25) is 9.11 Å². The van der Waals surface area contributed by atoms with Crippen LogP contribution in [0.15, 0.2) is 12.4 Å². The standard InChI is InChI=1S/C15H25N5O3S/c1-12-10-13-14(15(16)18-12)17-11-19(13)6-8-23-7-2-4-20-5-3-9-24(20,21)22/h10-11,21-22H,2-9H2,1H3,(H2,16,18). The summed E-state index contributed by atoms with van der Waals surface area (Å²) in [5.41, 5.74) is 8.44. The molecule has 1 fully saturated rings. The van der Waals surface area contributed by atoms with E-state index in [-0.39, 0.29) is 0 Å². The molecule has 24 heavy (non-hydrogen) atoms. The average molecular weight is 355 g/mol. The van der Waals surface area contributed by atoms with Crippen molar-refractivity contribution in [1.29, 1.82) is 0 Å². The topological polar surface area (TPSA) is 110 Å². The van der Waals surface area contributed by atoms with Crippen LogP contribution in [-0.2, 0) is 11.3 Å². The maximum atomic E-state index is 9.83. The zero-order chi connectivity index (χ0) is 17.2. The summed E-state index contributed by atoms with van der Waals surface area (Å²) in [4.78, 5) is 8.52. The first-order valence-electron chi connectivity index (χ1n) is 8.14. The molecule has 0 aliphatic carbocycles. The molecule has 0 amide bonds. The molecule has 0 spiro atoms. The van der Waals surface area contributed by atoms with E-state index >= 15 is 0 Å². The predicted octanol–water partition coefficient (Wildman–Crippen LogP) is 2.10. The van der Waals surface area contributed by atoms with Gasteiger partial charge >= 0.3 is 0 Å². The molecule has 3 rings (SSSR count). The molecule has 1 saturated heterocycles. The second-order valence-electron chi connectivity index (χ2n) is 6.04. The lowest BCUT2D eigenvalue weighted by Crippen LogP contribution is -2.24. The average Bonchev–Trinajstić information content (AvgIpc) is 3.06. The molecule has 0 bridgehead atoms. The molecule has 1 aliphatic heterocycles. The lowest BCUT2D eigenvalue weighted by molar-refractivity contribution is 0.120. The van der Waals surface area contributed by atoms with Crippen molar-refractivity contribution in [2.45, 2.75) is 26.3 Å². The SMILES string of the molecule is Cc1cc2c(ncn2CCOCCCN2CCCS2(O)O)c(N)n1. The number of fused-ring (bicyclic) bond motifs is 1. The van der Waals surface area contributed by atoms with Gasteiger partial charge in [-0.2, -0.15) is 0 Å². The summed E-state index contributed by atoms with van der Waals surface area (Å²) >= 11 is 0. The Hall–Kier alpha value is -1.39. The zero-order valence-corrected chi connectivity index (χ0v) is 14.7. The first-order valence-corrected chi connectivity index (χ1v) is 9.81. The number of nitrogen functional groups attached to an aromatic ring is 1. The van der Waals surface area contributed by atoms with Crippen LogP contribution in [0, 0.1) is 6.92 Å². The first-order chi connectivity index (χ1) is 11.5. The fraction of sp³-hybridized carbons (Fsp3) is 0.600. The normalized spacial score (nSPS) is 19.1. The van der Waals surface area contributed by atoms with Gasteiger partial charge in [-0.25, -0.2) is 14.3 Å². The largest absolute Gasteiger partial charge is 0.382 e. The van der Waals surface area contributed by atoms with Gasteiger partial charge in [0.05, 0.1) is 24.2 Å². The summed E-state index contributed by atoms with van der Waals surface area (Å²) in [5, 5.41) is 0. The van der Waals surface area contributed by atoms with Crippen molar-refractivity contribution in [2.75, 3.05) is 37.8 Å². The molecular weight excluding hydrogens is 330 g/mol. The molecule has 0 aromatic carbocycles. The molecule has 0 unspecified atom stereocenters. The third kappa shape index (κ3) is 3.81. The minimum absolute atomic E-state index is 0.453. The highest BCUT2D eigenvalue weighted by Crippen LogP contribution is 2.48. The molecular formula is C15H25N5O3S. The van der Waals surface area contributed by atoms with Crippen LogP contribution >= 0.6 is 10.8 Å². The van der Waals surface area contributed by atoms with E-state index in [1.807, 2.05) is 17.6 Å². The monoisotopic (exact) mass is 355 g/mol. The molecule has 3 heterocycles. The molecule has 0 saturated carbocycles. The van der Waals surface area contributed by atoms with Crippen LogP contribution in [-0.4, -0.2) is 60.0 Å². The number of pyridine rings is 1. The van der Waals surface area contributed by atoms with Gasteiger partial charge in [0.15, 0.2) is 5.82 Å². The van der Waals surface area contributed by atoms with E-state index in [1.165, 1.54) is 0 Å². The third-order valence-electron chi connectivity index (χ3n) is 4.18. The highest BCUT2D eigenvalue weighted by Gasteiger charge is 2.27. The molecule has 2 aromatic heterocycles. The summed E-state index contributed by atoms with van der Waals surface area (Å²) in [6, 6.07) is 1.97. The van der Waals surface area contributed by atoms with Gasteiger partial charge < -0.3 is 15.0 Å². The number of aromatic nitrogens is 3. The Kier molecular flexibility index (Phi) is 5.26. The van der Waals surface area contributed by atoms with Gasteiger partial charge in [-0.1, -0.05) is 0 Å². The van der Waals surface area contributed by atoms with Crippen molar-refractivity contribution in [3.63, 3.8) is 0 Å². The molecule has 0 radical (unpaired) electrons. The van der Waals surface area contributed by atoms with E-state index in [0.29, 0.717) is 37.9 Å². The predicted molar refractivity (Wildman–Crippen MR) is 96.0 cm³/mol. The Bertz CT molecular complexity index is 706. The third-order valence-corrected chi connectivity index (χ3v) is 6.20. The van der Waals surface area contributed by atoms with Gasteiger partial charge in [-0.05, 0) is 25.8 Å². The fourth-order valence-electron chi connectivity index (χ4n) is 2.97. The second kappa shape index (κ2) is 7.24. The minimum Gasteiger partial charge on any atom is -0.382 e. The van der Waals surface area contributed by atoms with Crippen molar-refractivity contribution < 1.29 is 13.8 Å². The summed E-state index contributed by atoms with van der Waals surface area (Å²) in [6.45, 7) is 5.20. The number of rotatable bonds is 7. The van der Waals surface area contributed by atoms with Gasteiger partial charge in [-0.15, -0.1) is 10.8 Å². The van der Waals surface area contributed by atoms with Crippen LogP contribution in [0.3, 0.4) is 0 Å². The minimum atomic E-state index is -2.50. The van der Waals surface area contributed by atoms with Gasteiger partial charge in [0.25, 0.3) is 0 Å². The quantitative estimate of drug-likeness (QED) is 0.652. The van der Waals surface area contributed by atoms with Crippen molar-refractivity contribution >= 4 is 27.6 Å². The smallest absolute Gasteiger partial charge is 0.151 e. The van der Waals surface area contributed by atoms with Crippen molar-refractivity contribution in [3.05, 3.63) is 18.1 Å². The van der Waals surface area contributed by atoms with E-state index in [2.05, 4.69) is 9.97 Å². The van der Waals surface area contributed by atoms with Crippen molar-refractivity contribution in [3.8, 4) is 0 Å². The number of hydrogen-bond donors (Lipinski definition) is 3. The molecule has 2 aromatic rings. The number of nitrogens with zero attached hydrogens (tertiary/aromatic N) is 4. The van der Waals surface area contributed by atoms with Crippen molar-refractivity contribution in [2.24, 2.45) is 0 Å². The maximum Gasteiger partial charge on any atom is 0.151 e. The Balaban J connectivity index is 1.43. The first kappa shape index (κ1) is 17.4. The van der Waals surface area contributed by atoms with Crippen LogP contribution in [0.2, 0.25) is 0 Å². The Morgan fingerprint density at radius 1 is 1.33 bits per heavy atom. The van der Waals surface area contributed by atoms with Gasteiger partial charge in [0.1, 0.15) is 5.52 Å². The lowest BCUT2D eigenvalue weighted by atomic mass is 10.3. The Morgan fingerprint density at radius 3 is 2.92 bits per heavy atom. The van der Waals surface area contributed by atoms with E-state index < -0.39 is 10.8 Å². The highest BCUT2D eigenvalue weighted by atomic mass is 32.3. The maximum absolute atomic E-state index is 9.83. The molecule has 134 valence electrons. The van der Waals surface area contributed by atoms with Crippen LogP contribution in [0.5, 0.6) is 0 Å². The Labute approximate surface area is 143 Å². The number of nitrogens with two attached hydrogens (primary N) is 1. The van der Waals surface area contributed by atoms with Crippen LogP contribution in [0.1, 0.15) is 18.5 Å². The summed E-state index contributed by atoms with van der Waals surface area (Å²) < 4.78 is 29.1. The van der Waals surface area contributed by atoms with Crippen LogP contribution in [0.4, 0.5) is 5.82 Å². The Morgan fingerprint density at radius 2 is 2.17 bits per heavy atom. The number of anilines is 1. The van der Waals surface area contributed by atoms with Crippen LogP contribution < -0.4 is 5.73 Å². The van der Waals surface area contributed by atoms with E-state index in [9.17, 15) is 9.11 Å². The zero-order valence-electron chi connectivity index (χ0n) is 13.9. The van der Waals surface area contributed by atoms with Gasteiger partial charge in [0.2, 0.25) is 0 Å². The lowest BCUT2D eigenvalue weighted by Gasteiger charge is -2.36. The second-order valence-corrected chi connectivity index (χ2v) is 8.23. The summed E-state index contributed by atoms with van der Waals surface area (Å²) in [6.07, 6.45) is 3.40. The van der Waals surface area contributed by atoms with Crippen molar-refractivity contribution in [1.82, 2.24) is 18.8 Å². The fourth-order valence-corrected chi connectivity index (χ4v) is 4.59. The molecule has 0 atom stereocenters. The molecule has 1 aliphatic rings. The highest BCUT2D eigenvalue weighted by molar-refractivity contribution is 8.22. The van der Waals surface area contributed by atoms with E-state index in [1.54, 1.807) is 10.6 Å².